The first kappa shape index (κ1) is 10.5. The number of nitrogens with zero attached hydrogens (tertiary/aromatic N) is 2. The molecular weight excluding hydrogens is 216 g/mol. The van der Waals surface area contributed by atoms with Crippen LogP contribution in [0.2, 0.25) is 0 Å². The molecule has 0 aliphatic carbocycles. The average molecular weight is 228 g/mol. The molecule has 2 N–H and O–H groups in total. The van der Waals surface area contributed by atoms with Gasteiger partial charge >= 0.3 is 0 Å². The number of anilines is 1. The van der Waals surface area contributed by atoms with Gasteiger partial charge in [-0.3, -0.25) is 10.1 Å². The van der Waals surface area contributed by atoms with E-state index in [1.165, 1.54) is 11.3 Å². The molecule has 2 heterocycles. The molecule has 1 aromatic rings. The molecule has 0 aromatic carbocycles. The molecule has 1 aliphatic heterocycles. The maximum absolute atomic E-state index is 11.8. The highest BCUT2D eigenvalue weighted by atomic mass is 32.1. The van der Waals surface area contributed by atoms with E-state index in [1.807, 2.05) is 6.92 Å². The molecule has 82 valence electrons. The Balaban J connectivity index is 1.95. The maximum Gasteiger partial charge on any atom is 0.246 e. The van der Waals surface area contributed by atoms with Crippen molar-refractivity contribution in [1.29, 1.82) is 0 Å². The van der Waals surface area contributed by atoms with Crippen LogP contribution in [0.3, 0.4) is 0 Å². The zero-order chi connectivity index (χ0) is 10.7. The molecule has 0 bridgehead atoms. The second-order valence-electron chi connectivity index (χ2n) is 3.24. The van der Waals surface area contributed by atoms with Gasteiger partial charge in [0.15, 0.2) is 0 Å². The van der Waals surface area contributed by atoms with Crippen LogP contribution in [-0.4, -0.2) is 41.4 Å². The molecule has 0 radical (unpaired) electrons. The van der Waals surface area contributed by atoms with Gasteiger partial charge in [-0.1, -0.05) is 11.3 Å². The Morgan fingerprint density at radius 2 is 2.67 bits per heavy atom. The van der Waals surface area contributed by atoms with Crippen LogP contribution in [0.1, 0.15) is 6.92 Å². The molecule has 2 rings (SSSR count). The SMILES string of the molecule is C[C@H]1OCCN[C@@H]1C(=O)Nc1nncs1. The number of rotatable bonds is 2. The van der Waals surface area contributed by atoms with Gasteiger partial charge in [0.1, 0.15) is 11.6 Å². The molecule has 1 aromatic heterocycles. The minimum Gasteiger partial charge on any atom is -0.375 e. The topological polar surface area (TPSA) is 76.1 Å². The third-order valence-corrected chi connectivity index (χ3v) is 2.80. The fourth-order valence-electron chi connectivity index (χ4n) is 1.44. The number of ether oxygens (including phenoxy) is 1. The van der Waals surface area contributed by atoms with Gasteiger partial charge in [0.2, 0.25) is 11.0 Å². The number of carbonyl (C=O) groups is 1. The first-order valence-electron chi connectivity index (χ1n) is 4.69. The molecule has 15 heavy (non-hydrogen) atoms. The Morgan fingerprint density at radius 1 is 1.80 bits per heavy atom. The van der Waals surface area contributed by atoms with Gasteiger partial charge in [0.05, 0.1) is 12.7 Å². The van der Waals surface area contributed by atoms with Crippen LogP contribution in [0.15, 0.2) is 5.51 Å². The van der Waals surface area contributed by atoms with Gasteiger partial charge in [-0.2, -0.15) is 0 Å². The Bertz CT molecular complexity index is 329. The van der Waals surface area contributed by atoms with Crippen LogP contribution in [0.5, 0.6) is 0 Å². The van der Waals surface area contributed by atoms with Gasteiger partial charge in [-0.15, -0.1) is 10.2 Å². The van der Waals surface area contributed by atoms with Crippen LogP contribution >= 0.6 is 11.3 Å². The summed E-state index contributed by atoms with van der Waals surface area (Å²) in [4.78, 5) is 11.8. The fourth-order valence-corrected chi connectivity index (χ4v) is 1.89. The summed E-state index contributed by atoms with van der Waals surface area (Å²) in [6.07, 6.45) is -0.119. The van der Waals surface area contributed by atoms with Gasteiger partial charge < -0.3 is 10.1 Å². The Morgan fingerprint density at radius 3 is 3.33 bits per heavy atom. The summed E-state index contributed by atoms with van der Waals surface area (Å²) in [5, 5.41) is 13.7. The highest BCUT2D eigenvalue weighted by molar-refractivity contribution is 7.13. The van der Waals surface area contributed by atoms with E-state index in [0.29, 0.717) is 18.3 Å². The Labute approximate surface area is 91.0 Å². The molecule has 1 fully saturated rings. The van der Waals surface area contributed by atoms with Crippen LogP contribution in [0, 0.1) is 0 Å². The Hall–Kier alpha value is -1.05. The molecular formula is C8H12N4O2S. The van der Waals surface area contributed by atoms with Gasteiger partial charge in [-0.25, -0.2) is 0 Å². The van der Waals surface area contributed by atoms with Crippen molar-refractivity contribution < 1.29 is 9.53 Å². The lowest BCUT2D eigenvalue weighted by molar-refractivity contribution is -0.123. The highest BCUT2D eigenvalue weighted by Gasteiger charge is 2.28. The number of morpholine rings is 1. The molecule has 7 heteroatoms. The van der Waals surface area contributed by atoms with E-state index in [9.17, 15) is 4.79 Å². The van der Waals surface area contributed by atoms with Crippen molar-refractivity contribution >= 4 is 22.4 Å². The summed E-state index contributed by atoms with van der Waals surface area (Å²) in [6.45, 7) is 3.21. The van der Waals surface area contributed by atoms with E-state index < -0.39 is 0 Å². The number of carbonyl (C=O) groups excluding carboxylic acids is 1. The summed E-state index contributed by atoms with van der Waals surface area (Å²) in [5.41, 5.74) is 1.57. The average Bonchev–Trinajstić information content (AvgIpc) is 2.71. The van der Waals surface area contributed by atoms with E-state index in [4.69, 9.17) is 4.74 Å². The lowest BCUT2D eigenvalue weighted by atomic mass is 10.1. The van der Waals surface area contributed by atoms with E-state index in [2.05, 4.69) is 20.8 Å². The van der Waals surface area contributed by atoms with Crippen LogP contribution in [0.25, 0.3) is 0 Å². The predicted molar refractivity (Wildman–Crippen MR) is 55.7 cm³/mol. The third kappa shape index (κ3) is 2.49. The minimum atomic E-state index is -0.317. The highest BCUT2D eigenvalue weighted by Crippen LogP contribution is 2.11. The second kappa shape index (κ2) is 4.65. The zero-order valence-electron chi connectivity index (χ0n) is 8.27. The normalized spacial score (nSPS) is 26.2. The van der Waals surface area contributed by atoms with Crippen molar-refractivity contribution in [3.8, 4) is 0 Å². The molecule has 1 aliphatic rings. The van der Waals surface area contributed by atoms with Crippen molar-refractivity contribution in [2.45, 2.75) is 19.1 Å². The lowest BCUT2D eigenvalue weighted by Crippen LogP contribution is -2.53. The van der Waals surface area contributed by atoms with Crippen LogP contribution in [0.4, 0.5) is 5.13 Å². The first-order chi connectivity index (χ1) is 7.27. The van der Waals surface area contributed by atoms with E-state index >= 15 is 0 Å². The van der Waals surface area contributed by atoms with E-state index in [-0.39, 0.29) is 18.1 Å². The maximum atomic E-state index is 11.8. The molecule has 6 nitrogen and oxygen atoms in total. The second-order valence-corrected chi connectivity index (χ2v) is 4.07. The van der Waals surface area contributed by atoms with Crippen molar-refractivity contribution in [2.24, 2.45) is 0 Å². The summed E-state index contributed by atoms with van der Waals surface area (Å²) in [7, 11) is 0. The molecule has 0 spiro atoms. The number of hydrogen-bond acceptors (Lipinski definition) is 6. The number of amides is 1. The smallest absolute Gasteiger partial charge is 0.246 e. The molecule has 0 saturated carbocycles. The largest absolute Gasteiger partial charge is 0.375 e. The van der Waals surface area contributed by atoms with Crippen molar-refractivity contribution in [2.75, 3.05) is 18.5 Å². The minimum absolute atomic E-state index is 0.119. The fraction of sp³-hybridized carbons (Fsp3) is 0.625. The first-order valence-corrected chi connectivity index (χ1v) is 5.57. The summed E-state index contributed by atoms with van der Waals surface area (Å²) >= 11 is 1.29. The standard InChI is InChI=1S/C8H12N4O2S/c1-5-6(9-2-3-14-5)7(13)11-8-12-10-4-15-8/h4-6,9H,2-3H2,1H3,(H,11,12,13)/t5-,6+/m1/s1. The van der Waals surface area contributed by atoms with Gasteiger partial charge in [0.25, 0.3) is 0 Å². The number of nitrogens with one attached hydrogen (secondary N) is 2. The van der Waals surface area contributed by atoms with Crippen molar-refractivity contribution in [3.05, 3.63) is 5.51 Å². The predicted octanol–water partition coefficient (Wildman–Crippen LogP) is -0.147. The van der Waals surface area contributed by atoms with E-state index in [1.54, 1.807) is 5.51 Å². The zero-order valence-corrected chi connectivity index (χ0v) is 9.08. The molecule has 1 amide bonds. The lowest BCUT2D eigenvalue weighted by Gasteiger charge is -2.28. The summed E-state index contributed by atoms with van der Waals surface area (Å²) < 4.78 is 5.37. The molecule has 0 unspecified atom stereocenters. The van der Waals surface area contributed by atoms with Gasteiger partial charge in [0, 0.05) is 6.54 Å². The van der Waals surface area contributed by atoms with Crippen molar-refractivity contribution in [3.63, 3.8) is 0 Å². The number of aromatic nitrogens is 2. The van der Waals surface area contributed by atoms with Crippen molar-refractivity contribution in [1.82, 2.24) is 15.5 Å². The summed E-state index contributed by atoms with van der Waals surface area (Å²) in [6, 6.07) is -0.317. The number of hydrogen-bond donors (Lipinski definition) is 2. The van der Waals surface area contributed by atoms with Gasteiger partial charge in [-0.05, 0) is 6.92 Å². The van der Waals surface area contributed by atoms with Crippen LogP contribution in [-0.2, 0) is 9.53 Å². The molecule has 2 atom stereocenters. The summed E-state index contributed by atoms with van der Waals surface area (Å²) in [5.74, 6) is -0.126. The molecule has 1 saturated heterocycles. The monoisotopic (exact) mass is 228 g/mol. The Kier molecular flexibility index (Phi) is 3.24. The third-order valence-electron chi connectivity index (χ3n) is 2.19. The van der Waals surface area contributed by atoms with E-state index in [0.717, 1.165) is 0 Å². The quantitative estimate of drug-likeness (QED) is 0.736. The van der Waals surface area contributed by atoms with Crippen LogP contribution < -0.4 is 10.6 Å².